The van der Waals surface area contributed by atoms with E-state index in [-0.39, 0.29) is 11.7 Å². The SMILES string of the molecule is CCCc1cccc(Nc2ncc(C(F)(F)F)c(Oc3ccccc3)n2)c1. The van der Waals surface area contributed by atoms with E-state index < -0.39 is 17.6 Å². The van der Waals surface area contributed by atoms with Crippen LogP contribution in [0.1, 0.15) is 24.5 Å². The number of nitrogens with zero attached hydrogens (tertiary/aromatic N) is 2. The van der Waals surface area contributed by atoms with Gasteiger partial charge in [0.25, 0.3) is 0 Å². The van der Waals surface area contributed by atoms with Crippen molar-refractivity contribution < 1.29 is 17.9 Å². The van der Waals surface area contributed by atoms with Gasteiger partial charge < -0.3 is 10.1 Å². The number of alkyl halides is 3. The smallest absolute Gasteiger partial charge is 0.423 e. The van der Waals surface area contributed by atoms with Crippen molar-refractivity contribution in [1.29, 1.82) is 0 Å². The second-order valence-corrected chi connectivity index (χ2v) is 5.90. The van der Waals surface area contributed by atoms with Gasteiger partial charge in [0.05, 0.1) is 0 Å². The molecule has 0 spiro atoms. The van der Waals surface area contributed by atoms with E-state index in [2.05, 4.69) is 22.2 Å². The number of aromatic nitrogens is 2. The van der Waals surface area contributed by atoms with Crippen LogP contribution in [0.25, 0.3) is 0 Å². The summed E-state index contributed by atoms with van der Waals surface area (Å²) in [5, 5.41) is 2.94. The fourth-order valence-corrected chi connectivity index (χ4v) is 2.52. The third-order valence-corrected chi connectivity index (χ3v) is 3.74. The Hall–Kier alpha value is -3.09. The molecule has 140 valence electrons. The second-order valence-electron chi connectivity index (χ2n) is 5.90. The molecule has 0 unspecified atom stereocenters. The number of nitrogens with one attached hydrogen (secondary N) is 1. The van der Waals surface area contributed by atoms with Crippen LogP contribution in [-0.2, 0) is 12.6 Å². The molecule has 0 saturated heterocycles. The Morgan fingerprint density at radius 1 is 1.04 bits per heavy atom. The molecule has 0 saturated carbocycles. The predicted octanol–water partition coefficient (Wildman–Crippen LogP) is 5.98. The summed E-state index contributed by atoms with van der Waals surface area (Å²) >= 11 is 0. The Labute approximate surface area is 155 Å². The molecule has 27 heavy (non-hydrogen) atoms. The maximum absolute atomic E-state index is 13.3. The first kappa shape index (κ1) is 18.7. The van der Waals surface area contributed by atoms with E-state index >= 15 is 0 Å². The zero-order valence-corrected chi connectivity index (χ0v) is 14.6. The number of aryl methyl sites for hydroxylation is 1. The summed E-state index contributed by atoms with van der Waals surface area (Å²) in [4.78, 5) is 7.74. The highest BCUT2D eigenvalue weighted by Crippen LogP contribution is 2.37. The van der Waals surface area contributed by atoms with Gasteiger partial charge in [-0.05, 0) is 36.2 Å². The van der Waals surface area contributed by atoms with E-state index in [4.69, 9.17) is 4.74 Å². The van der Waals surface area contributed by atoms with E-state index in [1.807, 2.05) is 18.2 Å². The number of rotatable bonds is 6. The Balaban J connectivity index is 1.90. The highest BCUT2D eigenvalue weighted by atomic mass is 19.4. The van der Waals surface area contributed by atoms with E-state index in [1.54, 1.807) is 36.4 Å². The van der Waals surface area contributed by atoms with Crippen LogP contribution in [0.5, 0.6) is 11.6 Å². The number of benzene rings is 2. The Kier molecular flexibility index (Phi) is 5.59. The second kappa shape index (κ2) is 8.07. The summed E-state index contributed by atoms with van der Waals surface area (Å²) in [6.07, 6.45) is -1.99. The molecule has 0 aliphatic heterocycles. The summed E-state index contributed by atoms with van der Waals surface area (Å²) in [5.74, 6) is -0.254. The molecular formula is C20H18F3N3O. The van der Waals surface area contributed by atoms with Crippen LogP contribution in [0.3, 0.4) is 0 Å². The van der Waals surface area contributed by atoms with Crippen LogP contribution in [0.4, 0.5) is 24.8 Å². The maximum atomic E-state index is 13.3. The summed E-state index contributed by atoms with van der Waals surface area (Å²) in [6.45, 7) is 2.08. The van der Waals surface area contributed by atoms with Gasteiger partial charge in [-0.2, -0.15) is 18.2 Å². The standard InChI is InChI=1S/C20H18F3N3O/c1-2-7-14-8-6-9-15(12-14)25-19-24-13-17(20(21,22)23)18(26-19)27-16-10-4-3-5-11-16/h3-6,8-13H,2,7H2,1H3,(H,24,25,26). The molecule has 3 aromatic rings. The summed E-state index contributed by atoms with van der Waals surface area (Å²) in [6, 6.07) is 15.8. The fraction of sp³-hybridized carbons (Fsp3) is 0.200. The Bertz CT molecular complexity index is 898. The summed E-state index contributed by atoms with van der Waals surface area (Å²) in [5.41, 5.74) is 0.790. The number of ether oxygens (including phenoxy) is 1. The quantitative estimate of drug-likeness (QED) is 0.577. The van der Waals surface area contributed by atoms with Crippen molar-refractivity contribution in [3.63, 3.8) is 0 Å². The molecule has 4 nitrogen and oxygen atoms in total. The summed E-state index contributed by atoms with van der Waals surface area (Å²) < 4.78 is 45.2. The molecule has 0 atom stereocenters. The van der Waals surface area contributed by atoms with Gasteiger partial charge in [-0.25, -0.2) is 4.98 Å². The molecule has 1 N–H and O–H groups in total. The van der Waals surface area contributed by atoms with Crippen LogP contribution in [-0.4, -0.2) is 9.97 Å². The van der Waals surface area contributed by atoms with Crippen molar-refractivity contribution in [2.45, 2.75) is 25.9 Å². The van der Waals surface area contributed by atoms with Crippen molar-refractivity contribution in [2.75, 3.05) is 5.32 Å². The number of anilines is 2. The van der Waals surface area contributed by atoms with Gasteiger partial charge in [-0.15, -0.1) is 0 Å². The molecule has 0 aliphatic rings. The van der Waals surface area contributed by atoms with Crippen molar-refractivity contribution in [2.24, 2.45) is 0 Å². The minimum Gasteiger partial charge on any atom is -0.438 e. The molecule has 2 aromatic carbocycles. The lowest BCUT2D eigenvalue weighted by molar-refractivity contribution is -0.139. The first-order valence-electron chi connectivity index (χ1n) is 8.49. The van der Waals surface area contributed by atoms with Crippen LogP contribution in [0.15, 0.2) is 60.8 Å². The van der Waals surface area contributed by atoms with Gasteiger partial charge in [0.15, 0.2) is 0 Å². The number of halogens is 3. The molecule has 0 radical (unpaired) electrons. The van der Waals surface area contributed by atoms with E-state index in [9.17, 15) is 13.2 Å². The van der Waals surface area contributed by atoms with E-state index in [1.165, 1.54) is 0 Å². The molecule has 0 amide bonds. The van der Waals surface area contributed by atoms with Crippen LogP contribution < -0.4 is 10.1 Å². The highest BCUT2D eigenvalue weighted by Gasteiger charge is 2.36. The first-order valence-corrected chi connectivity index (χ1v) is 8.49. The average molecular weight is 373 g/mol. The Morgan fingerprint density at radius 2 is 1.81 bits per heavy atom. The van der Waals surface area contributed by atoms with Crippen molar-refractivity contribution in [3.8, 4) is 11.6 Å². The minimum atomic E-state index is -4.62. The average Bonchev–Trinajstić information content (AvgIpc) is 2.62. The van der Waals surface area contributed by atoms with Gasteiger partial charge in [0.2, 0.25) is 11.8 Å². The molecule has 0 fully saturated rings. The third-order valence-electron chi connectivity index (χ3n) is 3.74. The normalized spacial score (nSPS) is 11.3. The highest BCUT2D eigenvalue weighted by molar-refractivity contribution is 5.55. The lowest BCUT2D eigenvalue weighted by atomic mass is 10.1. The zero-order valence-electron chi connectivity index (χ0n) is 14.6. The molecule has 1 heterocycles. The molecule has 7 heteroatoms. The minimum absolute atomic E-state index is 0.0302. The molecule has 0 aliphatic carbocycles. The van der Waals surface area contributed by atoms with Gasteiger partial charge in [-0.3, -0.25) is 0 Å². The largest absolute Gasteiger partial charge is 0.438 e. The van der Waals surface area contributed by atoms with E-state index in [0.29, 0.717) is 5.69 Å². The van der Waals surface area contributed by atoms with Gasteiger partial charge in [0.1, 0.15) is 11.3 Å². The molecule has 1 aromatic heterocycles. The lowest BCUT2D eigenvalue weighted by Gasteiger charge is -2.14. The number of hydrogen-bond donors (Lipinski definition) is 1. The Morgan fingerprint density at radius 3 is 2.52 bits per heavy atom. The number of para-hydroxylation sites is 1. The van der Waals surface area contributed by atoms with Crippen LogP contribution >= 0.6 is 0 Å². The van der Waals surface area contributed by atoms with Crippen LogP contribution in [0.2, 0.25) is 0 Å². The third kappa shape index (κ3) is 4.97. The van der Waals surface area contributed by atoms with E-state index in [0.717, 1.165) is 24.6 Å². The monoisotopic (exact) mass is 373 g/mol. The van der Waals surface area contributed by atoms with Crippen molar-refractivity contribution in [3.05, 3.63) is 71.9 Å². The maximum Gasteiger partial charge on any atom is 0.423 e. The lowest BCUT2D eigenvalue weighted by Crippen LogP contribution is -2.11. The van der Waals surface area contributed by atoms with Crippen LogP contribution in [0, 0.1) is 0 Å². The fourth-order valence-electron chi connectivity index (χ4n) is 2.52. The first-order chi connectivity index (χ1) is 13.0. The zero-order chi connectivity index (χ0) is 19.3. The summed E-state index contributed by atoms with van der Waals surface area (Å²) in [7, 11) is 0. The van der Waals surface area contributed by atoms with Crippen molar-refractivity contribution >= 4 is 11.6 Å². The van der Waals surface area contributed by atoms with Gasteiger partial charge in [-0.1, -0.05) is 43.7 Å². The van der Waals surface area contributed by atoms with Gasteiger partial charge >= 0.3 is 6.18 Å². The predicted molar refractivity (Wildman–Crippen MR) is 97.3 cm³/mol. The molecular weight excluding hydrogens is 355 g/mol. The topological polar surface area (TPSA) is 47.0 Å². The van der Waals surface area contributed by atoms with Gasteiger partial charge in [0, 0.05) is 11.9 Å². The molecule has 0 bridgehead atoms. The molecule has 3 rings (SSSR count). The number of hydrogen-bond acceptors (Lipinski definition) is 4. The van der Waals surface area contributed by atoms with Crippen molar-refractivity contribution in [1.82, 2.24) is 9.97 Å².